The van der Waals surface area contributed by atoms with Crippen molar-refractivity contribution in [2.75, 3.05) is 0 Å². The van der Waals surface area contributed by atoms with Crippen molar-refractivity contribution in [1.29, 1.82) is 5.41 Å². The van der Waals surface area contributed by atoms with Gasteiger partial charge in [0, 0.05) is 11.2 Å². The Morgan fingerprint density at radius 1 is 1.21 bits per heavy atom. The summed E-state index contributed by atoms with van der Waals surface area (Å²) in [4.78, 5) is 0. The molecule has 3 heteroatoms. The highest BCUT2D eigenvalue weighted by molar-refractivity contribution is 6.31. The van der Waals surface area contributed by atoms with Gasteiger partial charge in [-0.2, -0.15) is 0 Å². The molecule has 3 rings (SSSR count). The second kappa shape index (κ2) is 8.89. The van der Waals surface area contributed by atoms with Gasteiger partial charge >= 0.3 is 0 Å². The molecule has 1 N–H and O–H groups in total. The fourth-order valence-corrected chi connectivity index (χ4v) is 3.90. The Kier molecular flexibility index (Phi) is 6.53. The summed E-state index contributed by atoms with van der Waals surface area (Å²) in [6, 6.07) is 14.5. The molecule has 1 saturated carbocycles. The normalized spacial score (nSPS) is 16.1. The van der Waals surface area contributed by atoms with Crippen LogP contribution in [0.15, 0.2) is 60.2 Å². The van der Waals surface area contributed by atoms with Gasteiger partial charge in [0.05, 0.1) is 12.2 Å². The summed E-state index contributed by atoms with van der Waals surface area (Å²) in [5.74, 6) is 0. The molecule has 0 bridgehead atoms. The number of halogens is 1. The van der Waals surface area contributed by atoms with E-state index in [1.165, 1.54) is 17.3 Å². The number of aryl methyl sites for hydroxylation is 2. The molecular weight excluding hydrogens is 366 g/mol. The monoisotopic (exact) mass is 393 g/mol. The highest BCUT2D eigenvalue weighted by Gasteiger charge is 2.48. The Bertz CT molecular complexity index is 922. The van der Waals surface area contributed by atoms with Crippen LogP contribution in [0.25, 0.3) is 5.57 Å². The zero-order chi connectivity index (χ0) is 20.1. The topological polar surface area (TPSA) is 33.1 Å². The van der Waals surface area contributed by atoms with Crippen LogP contribution in [0, 0.1) is 12.3 Å². The van der Waals surface area contributed by atoms with Crippen LogP contribution in [-0.4, -0.2) is 11.8 Å². The van der Waals surface area contributed by atoms with E-state index in [-0.39, 0.29) is 5.60 Å². The molecule has 2 aromatic carbocycles. The predicted octanol–water partition coefficient (Wildman–Crippen LogP) is 6.94. The largest absolute Gasteiger partial charge is 0.366 e. The molecule has 1 aliphatic carbocycles. The first-order chi connectivity index (χ1) is 13.5. The van der Waals surface area contributed by atoms with Gasteiger partial charge in [-0.05, 0) is 78.7 Å². The minimum atomic E-state index is -0.294. The lowest BCUT2D eigenvalue weighted by Gasteiger charge is -2.24. The third-order valence-corrected chi connectivity index (χ3v) is 5.85. The van der Waals surface area contributed by atoms with E-state index in [4.69, 9.17) is 21.7 Å². The van der Waals surface area contributed by atoms with E-state index in [0.717, 1.165) is 46.6 Å². The molecule has 1 aliphatic rings. The summed E-state index contributed by atoms with van der Waals surface area (Å²) >= 11 is 6.41. The van der Waals surface area contributed by atoms with Crippen molar-refractivity contribution in [3.05, 3.63) is 87.5 Å². The van der Waals surface area contributed by atoms with Crippen molar-refractivity contribution in [3.8, 4) is 0 Å². The van der Waals surface area contributed by atoms with Crippen molar-refractivity contribution in [3.63, 3.8) is 0 Å². The number of allylic oxidation sites excluding steroid dienone is 2. The van der Waals surface area contributed by atoms with Crippen LogP contribution in [0.1, 0.15) is 48.9 Å². The van der Waals surface area contributed by atoms with Gasteiger partial charge in [-0.15, -0.1) is 0 Å². The van der Waals surface area contributed by atoms with E-state index in [2.05, 4.69) is 51.1 Å². The third-order valence-electron chi connectivity index (χ3n) is 5.48. The van der Waals surface area contributed by atoms with Crippen molar-refractivity contribution in [2.24, 2.45) is 0 Å². The smallest absolute Gasteiger partial charge is 0.0941 e. The molecule has 2 aromatic rings. The second-order valence-corrected chi connectivity index (χ2v) is 7.73. The van der Waals surface area contributed by atoms with Crippen LogP contribution in [-0.2, 0) is 17.8 Å². The van der Waals surface area contributed by atoms with Gasteiger partial charge in [-0.3, -0.25) is 0 Å². The molecule has 2 nitrogen and oxygen atoms in total. The van der Waals surface area contributed by atoms with Crippen LogP contribution in [0.3, 0.4) is 0 Å². The average Bonchev–Trinajstić information content (AvgIpc) is 3.48. The van der Waals surface area contributed by atoms with Gasteiger partial charge in [-0.1, -0.05) is 61.0 Å². The van der Waals surface area contributed by atoms with Crippen LogP contribution in [0.4, 0.5) is 0 Å². The molecule has 0 aliphatic heterocycles. The molecule has 0 atom stereocenters. The molecule has 0 aromatic heterocycles. The van der Waals surface area contributed by atoms with Crippen molar-refractivity contribution < 1.29 is 4.74 Å². The van der Waals surface area contributed by atoms with Crippen LogP contribution < -0.4 is 0 Å². The molecule has 0 unspecified atom stereocenters. The highest BCUT2D eigenvalue weighted by atomic mass is 35.5. The maximum absolute atomic E-state index is 7.67. The SMILES string of the molecule is C/C=C(\C(=C/C=N)c1ccccc1C)C1(OCc2cc(CC)ccc2Cl)CC1. The first-order valence-electron chi connectivity index (χ1n) is 9.90. The Hall–Kier alpha value is -2.16. The molecule has 1 fully saturated rings. The summed E-state index contributed by atoms with van der Waals surface area (Å²) in [5, 5.41) is 8.42. The summed E-state index contributed by atoms with van der Waals surface area (Å²) < 4.78 is 6.48. The average molecular weight is 394 g/mol. The number of rotatable bonds is 8. The van der Waals surface area contributed by atoms with E-state index >= 15 is 0 Å². The van der Waals surface area contributed by atoms with E-state index in [1.807, 2.05) is 24.3 Å². The van der Waals surface area contributed by atoms with Gasteiger partial charge in [0.25, 0.3) is 0 Å². The van der Waals surface area contributed by atoms with Crippen LogP contribution in [0.2, 0.25) is 5.02 Å². The van der Waals surface area contributed by atoms with Gasteiger partial charge in [0.2, 0.25) is 0 Å². The van der Waals surface area contributed by atoms with E-state index in [9.17, 15) is 0 Å². The fourth-order valence-electron chi connectivity index (χ4n) is 3.73. The fraction of sp³-hybridized carbons (Fsp3) is 0.320. The zero-order valence-corrected chi connectivity index (χ0v) is 17.6. The van der Waals surface area contributed by atoms with Crippen LogP contribution in [0.5, 0.6) is 0 Å². The Morgan fingerprint density at radius 2 is 1.96 bits per heavy atom. The van der Waals surface area contributed by atoms with E-state index in [0.29, 0.717) is 6.61 Å². The van der Waals surface area contributed by atoms with Crippen molar-refractivity contribution >= 4 is 23.4 Å². The quantitative estimate of drug-likeness (QED) is 0.382. The first-order valence-corrected chi connectivity index (χ1v) is 10.3. The zero-order valence-electron chi connectivity index (χ0n) is 16.9. The summed E-state index contributed by atoms with van der Waals surface area (Å²) in [7, 11) is 0. The summed E-state index contributed by atoms with van der Waals surface area (Å²) in [6.07, 6.45) is 8.33. The molecule has 0 saturated heterocycles. The van der Waals surface area contributed by atoms with Gasteiger partial charge in [-0.25, -0.2) is 0 Å². The number of benzene rings is 2. The number of hydrogen-bond donors (Lipinski definition) is 1. The third kappa shape index (κ3) is 4.29. The number of ether oxygens (including phenoxy) is 1. The van der Waals surface area contributed by atoms with Crippen molar-refractivity contribution in [1.82, 2.24) is 0 Å². The van der Waals surface area contributed by atoms with Gasteiger partial charge < -0.3 is 10.1 Å². The summed E-state index contributed by atoms with van der Waals surface area (Å²) in [5.41, 5.74) is 6.59. The lowest BCUT2D eigenvalue weighted by atomic mass is 9.89. The highest BCUT2D eigenvalue weighted by Crippen LogP contribution is 2.51. The second-order valence-electron chi connectivity index (χ2n) is 7.33. The van der Waals surface area contributed by atoms with Gasteiger partial charge in [0.15, 0.2) is 0 Å². The summed E-state index contributed by atoms with van der Waals surface area (Å²) in [6.45, 7) is 6.80. The Labute approximate surface area is 173 Å². The number of nitrogens with one attached hydrogen (secondary N) is 1. The minimum Gasteiger partial charge on any atom is -0.366 e. The maximum Gasteiger partial charge on any atom is 0.0941 e. The standard InChI is InChI=1S/C25H28ClNO/c1-4-19-10-11-24(26)20(16-19)17-28-25(13-14-25)23(5-2)22(12-15-27)21-9-7-6-8-18(21)3/h5-12,15-16,27H,4,13-14,17H2,1-3H3/b22-12-,23-5+,27-15?. The first kappa shape index (κ1) is 20.6. The Morgan fingerprint density at radius 3 is 2.57 bits per heavy atom. The lowest BCUT2D eigenvalue weighted by molar-refractivity contribution is 0.0486. The molecule has 0 radical (unpaired) electrons. The number of hydrogen-bond acceptors (Lipinski definition) is 2. The predicted molar refractivity (Wildman–Crippen MR) is 119 cm³/mol. The molecule has 0 heterocycles. The van der Waals surface area contributed by atoms with E-state index in [1.54, 1.807) is 0 Å². The van der Waals surface area contributed by atoms with Crippen molar-refractivity contribution in [2.45, 2.75) is 52.2 Å². The van der Waals surface area contributed by atoms with E-state index < -0.39 is 0 Å². The van der Waals surface area contributed by atoms with Gasteiger partial charge in [0.1, 0.15) is 0 Å². The van der Waals surface area contributed by atoms with Crippen LogP contribution >= 0.6 is 11.6 Å². The molecular formula is C25H28ClNO. The Balaban J connectivity index is 1.88. The molecule has 28 heavy (non-hydrogen) atoms. The molecule has 0 spiro atoms. The minimum absolute atomic E-state index is 0.294. The molecule has 146 valence electrons. The lowest BCUT2D eigenvalue weighted by Crippen LogP contribution is -2.19. The molecule has 0 amide bonds. The maximum atomic E-state index is 7.67.